The van der Waals surface area contributed by atoms with Gasteiger partial charge in [0.25, 0.3) is 18.9 Å². The number of nitrogens with zero attached hydrogens (tertiary/aromatic N) is 2. The van der Waals surface area contributed by atoms with E-state index in [2.05, 4.69) is 10.3 Å². The summed E-state index contributed by atoms with van der Waals surface area (Å²) >= 11 is 0. The van der Waals surface area contributed by atoms with Gasteiger partial charge in [0, 0.05) is 38.1 Å². The topological polar surface area (TPSA) is 234 Å². The third-order valence-electron chi connectivity index (χ3n) is 7.31. The highest BCUT2D eigenvalue weighted by molar-refractivity contribution is 7.45. The minimum Gasteiger partial charge on any atom is -0.756 e. The highest BCUT2D eigenvalue weighted by atomic mass is 31.2. The summed E-state index contributed by atoms with van der Waals surface area (Å²) in [6, 6.07) is 0.791. The van der Waals surface area contributed by atoms with E-state index in [-0.39, 0.29) is 25.6 Å². The molecule has 20 heteroatoms. The number of hydrogen-bond donors (Lipinski definition) is 3. The number of nitrogens with one attached hydrogen (secondary N) is 3. The number of rotatable bonds is 14. The highest BCUT2D eigenvalue weighted by Gasteiger charge is 2.50. The maximum Gasteiger partial charge on any atom is 0.330 e. The van der Waals surface area contributed by atoms with Gasteiger partial charge in [-0.1, -0.05) is 0 Å². The molecule has 18 nitrogen and oxygen atoms in total. The first kappa shape index (κ1) is 36.5. The molecule has 2 fully saturated rings. The van der Waals surface area contributed by atoms with Crippen LogP contribution in [0.2, 0.25) is 0 Å². The molecule has 2 aromatic rings. The van der Waals surface area contributed by atoms with Gasteiger partial charge >= 0.3 is 11.4 Å². The van der Waals surface area contributed by atoms with Gasteiger partial charge in [-0.05, 0) is 34.1 Å². The Balaban J connectivity index is 1.53. The number of methoxy groups -OCH3 is 1. The van der Waals surface area contributed by atoms with Crippen LogP contribution in [0.4, 0.5) is 4.39 Å². The van der Waals surface area contributed by atoms with Crippen LogP contribution in [-0.4, -0.2) is 87.6 Å². The van der Waals surface area contributed by atoms with Crippen LogP contribution in [0.3, 0.4) is 0 Å². The zero-order valence-electron chi connectivity index (χ0n) is 26.2. The number of carbonyl (C=O) groups is 1. The lowest BCUT2D eigenvalue weighted by Crippen LogP contribution is -2.48. The van der Waals surface area contributed by atoms with Crippen molar-refractivity contribution in [1.29, 1.82) is 0 Å². The fourth-order valence-electron chi connectivity index (χ4n) is 5.30. The van der Waals surface area contributed by atoms with Gasteiger partial charge in [-0.2, -0.15) is 0 Å². The van der Waals surface area contributed by atoms with E-state index in [1.54, 1.807) is 13.8 Å². The Labute approximate surface area is 266 Å². The first-order valence-corrected chi connectivity index (χ1v) is 16.3. The molecule has 4 heterocycles. The Morgan fingerprint density at radius 1 is 0.979 bits per heavy atom. The molecule has 0 spiro atoms. The van der Waals surface area contributed by atoms with E-state index in [0.717, 1.165) is 33.7 Å². The van der Waals surface area contributed by atoms with Gasteiger partial charge in [0.2, 0.25) is 5.91 Å². The Morgan fingerprint density at radius 2 is 1.55 bits per heavy atom. The van der Waals surface area contributed by atoms with E-state index < -0.39 is 91.4 Å². The zero-order valence-corrected chi connectivity index (χ0v) is 27.1. The van der Waals surface area contributed by atoms with Crippen molar-refractivity contribution < 1.29 is 46.6 Å². The van der Waals surface area contributed by atoms with E-state index in [4.69, 9.17) is 28.0 Å². The fraction of sp³-hybridized carbons (Fsp3) is 0.667. The summed E-state index contributed by atoms with van der Waals surface area (Å²) in [6.45, 7) is 6.29. The van der Waals surface area contributed by atoms with Crippen molar-refractivity contribution in [3.05, 3.63) is 66.2 Å². The van der Waals surface area contributed by atoms with E-state index in [1.165, 1.54) is 21.0 Å². The second-order valence-corrected chi connectivity index (χ2v) is 12.8. The van der Waals surface area contributed by atoms with Crippen LogP contribution < -0.4 is 32.7 Å². The number of phosphoric ester groups is 1. The lowest BCUT2D eigenvalue weighted by molar-refractivity contribution is -0.236. The molecule has 2 aliphatic heterocycles. The van der Waals surface area contributed by atoms with Crippen molar-refractivity contribution >= 4 is 13.7 Å². The number of aromatic nitrogens is 4. The number of hydrogen-bond acceptors (Lipinski definition) is 13. The number of ether oxygens (including phenoxy) is 4. The summed E-state index contributed by atoms with van der Waals surface area (Å²) in [6.07, 6.45) is -8.96. The standard InChI is InChI=1S/C27H39FN5O13P/c1-13(2)42-12-16-21(20(28)24(44-16)32-10-8-18(35)30-26(32)37)29-17(34)7-6-15-22(46-47(39,40)45-14(3)4)23(41-5)25(43-15)33-11-9-19(36)31-27(33)38/h8-11,13-16,20-25H,6-7,12H2,1-5H3,(H,29,34)(H,39,40)(H,30,35,37)(H,31,36,38)/p-1/t15-,16-,20-,21?,22-,23-,24-,25-/m1/s1. The van der Waals surface area contributed by atoms with Gasteiger partial charge in [0.15, 0.2) is 18.6 Å². The molecule has 9 atom stereocenters. The smallest absolute Gasteiger partial charge is 0.330 e. The van der Waals surface area contributed by atoms with Gasteiger partial charge in [-0.25, -0.2) is 14.0 Å². The maximum atomic E-state index is 15.8. The average molecular weight is 691 g/mol. The van der Waals surface area contributed by atoms with Crippen LogP contribution in [-0.2, 0) is 37.4 Å². The number of alkyl halides is 1. The first-order chi connectivity index (χ1) is 22.1. The Kier molecular flexibility index (Phi) is 11.9. The monoisotopic (exact) mass is 690 g/mol. The third kappa shape index (κ3) is 8.99. The predicted octanol–water partition coefficient (Wildman–Crippen LogP) is -0.797. The molecule has 0 saturated carbocycles. The minimum atomic E-state index is -4.96. The largest absolute Gasteiger partial charge is 0.756 e. The van der Waals surface area contributed by atoms with Crippen molar-refractivity contribution in [1.82, 2.24) is 24.4 Å². The van der Waals surface area contributed by atoms with Crippen LogP contribution in [0.25, 0.3) is 0 Å². The van der Waals surface area contributed by atoms with Gasteiger partial charge in [-0.3, -0.25) is 38.1 Å². The molecule has 2 aliphatic rings. The molecule has 0 aliphatic carbocycles. The van der Waals surface area contributed by atoms with Crippen molar-refractivity contribution in [2.75, 3.05) is 13.7 Å². The molecule has 2 aromatic heterocycles. The van der Waals surface area contributed by atoms with Gasteiger partial charge in [0.05, 0.1) is 31.0 Å². The molecule has 47 heavy (non-hydrogen) atoms. The van der Waals surface area contributed by atoms with Crippen LogP contribution >= 0.6 is 7.82 Å². The summed E-state index contributed by atoms with van der Waals surface area (Å²) < 4.78 is 63.4. The molecule has 2 unspecified atom stereocenters. The fourth-order valence-corrected chi connectivity index (χ4v) is 6.42. The minimum absolute atomic E-state index is 0.140. The van der Waals surface area contributed by atoms with Crippen molar-refractivity contribution in [2.24, 2.45) is 0 Å². The lowest BCUT2D eigenvalue weighted by atomic mass is 10.0. The third-order valence-corrected chi connectivity index (χ3v) is 8.49. The Morgan fingerprint density at radius 3 is 2.09 bits per heavy atom. The first-order valence-electron chi connectivity index (χ1n) is 14.8. The summed E-state index contributed by atoms with van der Waals surface area (Å²) in [5, 5.41) is 2.56. The Hall–Kier alpha value is -3.29. The summed E-state index contributed by atoms with van der Waals surface area (Å²) in [5.41, 5.74) is -3.15. The summed E-state index contributed by atoms with van der Waals surface area (Å²) in [4.78, 5) is 78.0. The van der Waals surface area contributed by atoms with Gasteiger partial charge in [-0.15, -0.1) is 0 Å². The van der Waals surface area contributed by atoms with E-state index >= 15 is 4.39 Å². The molecular formula is C27H38FN5O13P-. The van der Waals surface area contributed by atoms with Crippen molar-refractivity contribution in [3.63, 3.8) is 0 Å². The number of aromatic amines is 2. The number of phosphoric acid groups is 1. The van der Waals surface area contributed by atoms with Crippen molar-refractivity contribution in [3.8, 4) is 0 Å². The quantitative estimate of drug-likeness (QED) is 0.206. The molecular weight excluding hydrogens is 652 g/mol. The van der Waals surface area contributed by atoms with Crippen molar-refractivity contribution in [2.45, 2.75) is 102 Å². The number of H-pyrrole nitrogens is 2. The molecule has 2 saturated heterocycles. The summed E-state index contributed by atoms with van der Waals surface area (Å²) in [5.74, 6) is -0.699. The van der Waals surface area contributed by atoms with Crippen LogP contribution in [0, 0.1) is 0 Å². The molecule has 1 amide bonds. The molecule has 0 bridgehead atoms. The second kappa shape index (κ2) is 15.3. The second-order valence-electron chi connectivity index (χ2n) is 11.5. The van der Waals surface area contributed by atoms with E-state index in [1.807, 2.05) is 4.98 Å². The molecule has 4 rings (SSSR count). The normalized spacial score (nSPS) is 29.0. The van der Waals surface area contributed by atoms with E-state index in [9.17, 15) is 33.4 Å². The van der Waals surface area contributed by atoms with Gasteiger partial charge in [0.1, 0.15) is 18.3 Å². The maximum absolute atomic E-state index is 15.8. The number of halogens is 1. The summed E-state index contributed by atoms with van der Waals surface area (Å²) in [7, 11) is -3.73. The van der Waals surface area contributed by atoms with Gasteiger partial charge < -0.3 is 38.2 Å². The number of carbonyl (C=O) groups excluding carboxylic acids is 1. The van der Waals surface area contributed by atoms with Crippen LogP contribution in [0.15, 0.2) is 43.7 Å². The highest BCUT2D eigenvalue weighted by Crippen LogP contribution is 2.47. The zero-order chi connectivity index (χ0) is 34.6. The molecule has 0 aromatic carbocycles. The predicted molar refractivity (Wildman–Crippen MR) is 157 cm³/mol. The van der Waals surface area contributed by atoms with Crippen LogP contribution in [0.5, 0.6) is 0 Å². The Bertz CT molecular complexity index is 1670. The molecule has 3 N–H and O–H groups in total. The molecule has 262 valence electrons. The lowest BCUT2D eigenvalue weighted by Gasteiger charge is -2.31. The van der Waals surface area contributed by atoms with Crippen LogP contribution in [0.1, 0.15) is 53.0 Å². The SMILES string of the molecule is CO[C@@H]1[C@H](OP(=O)([O-])OC(C)C)[C@@H](CCC(=O)NC2[C@@H](F)[C@H](n3ccc(=O)[nH]c3=O)O[C@@H]2COC(C)C)O[C@H]1n1ccc(=O)[nH]c1=O. The van der Waals surface area contributed by atoms with E-state index in [0.29, 0.717) is 0 Å². The number of amides is 1. The molecule has 0 radical (unpaired) electrons. The average Bonchev–Trinajstić information content (AvgIpc) is 3.45.